The van der Waals surface area contributed by atoms with Gasteiger partial charge in [-0.3, -0.25) is 4.79 Å². The van der Waals surface area contributed by atoms with Gasteiger partial charge in [0.15, 0.2) is 0 Å². The van der Waals surface area contributed by atoms with Gasteiger partial charge in [-0.2, -0.15) is 0 Å². The average Bonchev–Trinajstić information content (AvgIpc) is 2.38. The summed E-state index contributed by atoms with van der Waals surface area (Å²) in [5, 5.41) is 3.42. The SMILES string of the molecule is Cc1cc(Cl)ccc1C(=O)Nc1cccc(C(N)=S)c1. The number of benzene rings is 2. The normalized spacial score (nSPS) is 10.1. The van der Waals surface area contributed by atoms with E-state index in [0.29, 0.717) is 26.8 Å². The molecule has 102 valence electrons. The molecule has 0 fully saturated rings. The van der Waals surface area contributed by atoms with Gasteiger partial charge in [0.2, 0.25) is 0 Å². The lowest BCUT2D eigenvalue weighted by molar-refractivity contribution is 0.102. The number of thiocarbonyl (C=S) groups is 1. The molecule has 3 nitrogen and oxygen atoms in total. The number of hydrogen-bond donors (Lipinski definition) is 2. The van der Waals surface area contributed by atoms with Crippen molar-refractivity contribution in [2.24, 2.45) is 5.73 Å². The number of anilines is 1. The van der Waals surface area contributed by atoms with Crippen molar-refractivity contribution in [3.05, 3.63) is 64.2 Å². The molecular weight excluding hydrogens is 292 g/mol. The van der Waals surface area contributed by atoms with Gasteiger partial charge in [0.05, 0.1) is 0 Å². The number of hydrogen-bond acceptors (Lipinski definition) is 2. The molecular formula is C15H13ClN2OS. The number of nitrogens with one attached hydrogen (secondary N) is 1. The van der Waals surface area contributed by atoms with Crippen LogP contribution in [0.5, 0.6) is 0 Å². The smallest absolute Gasteiger partial charge is 0.255 e. The predicted octanol–water partition coefficient (Wildman–Crippen LogP) is 3.53. The largest absolute Gasteiger partial charge is 0.389 e. The van der Waals surface area contributed by atoms with Crippen LogP contribution in [0.15, 0.2) is 42.5 Å². The van der Waals surface area contributed by atoms with Crippen LogP contribution in [-0.4, -0.2) is 10.9 Å². The van der Waals surface area contributed by atoms with Crippen molar-refractivity contribution in [2.45, 2.75) is 6.92 Å². The lowest BCUT2D eigenvalue weighted by atomic mass is 10.1. The minimum Gasteiger partial charge on any atom is -0.389 e. The lowest BCUT2D eigenvalue weighted by Gasteiger charge is -2.09. The van der Waals surface area contributed by atoms with E-state index in [9.17, 15) is 4.79 Å². The van der Waals surface area contributed by atoms with Gasteiger partial charge in [-0.1, -0.05) is 36.0 Å². The first-order valence-electron chi connectivity index (χ1n) is 5.95. The Kier molecular flexibility index (Phi) is 4.37. The molecule has 0 spiro atoms. The maximum atomic E-state index is 12.2. The molecule has 0 bridgehead atoms. The number of amides is 1. The lowest BCUT2D eigenvalue weighted by Crippen LogP contribution is -2.14. The third-order valence-electron chi connectivity index (χ3n) is 2.84. The fourth-order valence-corrected chi connectivity index (χ4v) is 2.18. The molecule has 0 saturated carbocycles. The Morgan fingerprint density at radius 1 is 1.25 bits per heavy atom. The quantitative estimate of drug-likeness (QED) is 0.853. The zero-order valence-electron chi connectivity index (χ0n) is 10.8. The van der Waals surface area contributed by atoms with Crippen molar-refractivity contribution in [1.29, 1.82) is 0 Å². The number of carbonyl (C=O) groups is 1. The Morgan fingerprint density at radius 2 is 2.00 bits per heavy atom. The average molecular weight is 305 g/mol. The summed E-state index contributed by atoms with van der Waals surface area (Å²) in [6, 6.07) is 12.3. The van der Waals surface area contributed by atoms with Crippen LogP contribution in [0.1, 0.15) is 21.5 Å². The van der Waals surface area contributed by atoms with Crippen molar-refractivity contribution >= 4 is 40.4 Å². The van der Waals surface area contributed by atoms with E-state index in [1.807, 2.05) is 6.92 Å². The van der Waals surface area contributed by atoms with E-state index in [2.05, 4.69) is 5.32 Å². The van der Waals surface area contributed by atoms with Crippen LogP contribution in [0, 0.1) is 6.92 Å². The summed E-state index contributed by atoms with van der Waals surface area (Å²) in [4.78, 5) is 12.5. The molecule has 2 aromatic carbocycles. The monoisotopic (exact) mass is 304 g/mol. The summed E-state index contributed by atoms with van der Waals surface area (Å²) in [7, 11) is 0. The molecule has 2 aromatic rings. The van der Waals surface area contributed by atoms with E-state index >= 15 is 0 Å². The molecule has 0 radical (unpaired) electrons. The maximum absolute atomic E-state index is 12.2. The molecule has 0 aliphatic carbocycles. The molecule has 0 atom stereocenters. The number of aryl methyl sites for hydroxylation is 1. The molecule has 0 heterocycles. The standard InChI is InChI=1S/C15H13ClN2OS/c1-9-7-11(16)5-6-13(9)15(19)18-12-4-2-3-10(8-12)14(17)20/h2-8H,1H3,(H2,17,20)(H,18,19). The van der Waals surface area contributed by atoms with Crippen molar-refractivity contribution in [2.75, 3.05) is 5.32 Å². The van der Waals surface area contributed by atoms with Crippen LogP contribution < -0.4 is 11.1 Å². The highest BCUT2D eigenvalue weighted by molar-refractivity contribution is 7.80. The third kappa shape index (κ3) is 3.35. The second-order valence-corrected chi connectivity index (χ2v) is 5.23. The highest BCUT2D eigenvalue weighted by atomic mass is 35.5. The fraction of sp³-hybridized carbons (Fsp3) is 0.0667. The summed E-state index contributed by atoms with van der Waals surface area (Å²) in [5.41, 5.74) is 8.33. The Labute approximate surface area is 127 Å². The number of nitrogens with two attached hydrogens (primary N) is 1. The Balaban J connectivity index is 2.23. The van der Waals surface area contributed by atoms with E-state index in [-0.39, 0.29) is 5.91 Å². The van der Waals surface area contributed by atoms with E-state index < -0.39 is 0 Å². The van der Waals surface area contributed by atoms with Gasteiger partial charge < -0.3 is 11.1 Å². The van der Waals surface area contributed by atoms with Gasteiger partial charge in [-0.05, 0) is 42.8 Å². The molecule has 5 heteroatoms. The predicted molar refractivity (Wildman–Crippen MR) is 86.5 cm³/mol. The Morgan fingerprint density at radius 3 is 2.65 bits per heavy atom. The van der Waals surface area contributed by atoms with Gasteiger partial charge in [0.1, 0.15) is 4.99 Å². The van der Waals surface area contributed by atoms with Gasteiger partial charge in [-0.15, -0.1) is 0 Å². The van der Waals surface area contributed by atoms with Crippen LogP contribution in [-0.2, 0) is 0 Å². The fourth-order valence-electron chi connectivity index (χ4n) is 1.83. The van der Waals surface area contributed by atoms with Crippen molar-refractivity contribution in [3.8, 4) is 0 Å². The summed E-state index contributed by atoms with van der Waals surface area (Å²) in [6.45, 7) is 1.84. The topological polar surface area (TPSA) is 55.1 Å². The zero-order valence-corrected chi connectivity index (χ0v) is 12.4. The van der Waals surface area contributed by atoms with Crippen LogP contribution in [0.25, 0.3) is 0 Å². The number of carbonyl (C=O) groups excluding carboxylic acids is 1. The van der Waals surface area contributed by atoms with Crippen molar-refractivity contribution in [3.63, 3.8) is 0 Å². The van der Waals surface area contributed by atoms with Gasteiger partial charge in [-0.25, -0.2) is 0 Å². The highest BCUT2D eigenvalue weighted by Gasteiger charge is 2.10. The van der Waals surface area contributed by atoms with E-state index in [1.165, 1.54) is 0 Å². The maximum Gasteiger partial charge on any atom is 0.255 e. The molecule has 0 unspecified atom stereocenters. The Hall–Kier alpha value is -1.91. The summed E-state index contributed by atoms with van der Waals surface area (Å²) < 4.78 is 0. The van der Waals surface area contributed by atoms with Gasteiger partial charge in [0.25, 0.3) is 5.91 Å². The van der Waals surface area contributed by atoms with E-state index in [1.54, 1.807) is 42.5 Å². The molecule has 0 aromatic heterocycles. The minimum atomic E-state index is -0.195. The summed E-state index contributed by atoms with van der Waals surface area (Å²) in [5.74, 6) is -0.195. The zero-order chi connectivity index (χ0) is 14.7. The molecule has 0 aliphatic rings. The van der Waals surface area contributed by atoms with Crippen LogP contribution in [0.2, 0.25) is 5.02 Å². The van der Waals surface area contributed by atoms with Crippen LogP contribution in [0.4, 0.5) is 5.69 Å². The van der Waals surface area contributed by atoms with Crippen LogP contribution in [0.3, 0.4) is 0 Å². The first-order chi connectivity index (χ1) is 9.47. The summed E-state index contributed by atoms with van der Waals surface area (Å²) >= 11 is 10.8. The number of rotatable bonds is 3. The highest BCUT2D eigenvalue weighted by Crippen LogP contribution is 2.17. The molecule has 1 amide bonds. The van der Waals surface area contributed by atoms with E-state index in [4.69, 9.17) is 29.6 Å². The second kappa shape index (κ2) is 6.03. The van der Waals surface area contributed by atoms with Crippen molar-refractivity contribution in [1.82, 2.24) is 0 Å². The second-order valence-electron chi connectivity index (χ2n) is 4.36. The molecule has 20 heavy (non-hydrogen) atoms. The molecule has 0 saturated heterocycles. The van der Waals surface area contributed by atoms with Crippen molar-refractivity contribution < 1.29 is 4.79 Å². The van der Waals surface area contributed by atoms with Gasteiger partial charge >= 0.3 is 0 Å². The first-order valence-corrected chi connectivity index (χ1v) is 6.73. The molecule has 2 rings (SSSR count). The number of halogens is 1. The Bertz CT molecular complexity index is 685. The minimum absolute atomic E-state index is 0.195. The molecule has 0 aliphatic heterocycles. The third-order valence-corrected chi connectivity index (χ3v) is 3.31. The van der Waals surface area contributed by atoms with E-state index in [0.717, 1.165) is 5.56 Å². The molecule has 3 N–H and O–H groups in total. The first kappa shape index (κ1) is 14.5. The van der Waals surface area contributed by atoms with Gasteiger partial charge in [0, 0.05) is 21.8 Å². The van der Waals surface area contributed by atoms with Crippen LogP contribution >= 0.6 is 23.8 Å². The summed E-state index contributed by atoms with van der Waals surface area (Å²) in [6.07, 6.45) is 0.